The van der Waals surface area contributed by atoms with E-state index < -0.39 is 5.60 Å². The second-order valence-electron chi connectivity index (χ2n) is 8.84. The summed E-state index contributed by atoms with van der Waals surface area (Å²) in [4.78, 5) is 14.6. The Morgan fingerprint density at radius 2 is 2.00 bits per heavy atom. The number of aromatic nitrogens is 5. The zero-order valence-corrected chi connectivity index (χ0v) is 18.1. The maximum absolute atomic E-state index is 10.2. The van der Waals surface area contributed by atoms with Crippen molar-refractivity contribution in [2.24, 2.45) is 0 Å². The molecule has 0 aromatic carbocycles. The summed E-state index contributed by atoms with van der Waals surface area (Å²) < 4.78 is 1.77. The van der Waals surface area contributed by atoms with Gasteiger partial charge in [-0.1, -0.05) is 6.08 Å². The van der Waals surface area contributed by atoms with Crippen molar-refractivity contribution in [3.8, 4) is 0 Å². The first-order valence-electron chi connectivity index (χ1n) is 11.1. The van der Waals surface area contributed by atoms with E-state index in [2.05, 4.69) is 21.8 Å². The fraction of sp³-hybridized carbons (Fsp3) is 0.478. The van der Waals surface area contributed by atoms with Crippen LogP contribution in [-0.4, -0.2) is 48.4 Å². The molecular weight excluding hydrogens is 390 g/mol. The van der Waals surface area contributed by atoms with Crippen molar-refractivity contribution in [3.63, 3.8) is 0 Å². The molecule has 162 valence electrons. The van der Waals surface area contributed by atoms with Gasteiger partial charge in [-0.2, -0.15) is 10.1 Å². The van der Waals surface area contributed by atoms with Crippen LogP contribution in [0.25, 0.3) is 11.2 Å². The summed E-state index contributed by atoms with van der Waals surface area (Å²) in [6, 6.07) is 4.20. The van der Waals surface area contributed by atoms with E-state index >= 15 is 0 Å². The molecule has 0 amide bonds. The van der Waals surface area contributed by atoms with Crippen LogP contribution in [0, 0.1) is 0 Å². The molecular formula is C23H29N7O. The summed E-state index contributed by atoms with van der Waals surface area (Å²) in [6.45, 7) is 1.92. The molecule has 3 aromatic heterocycles. The molecule has 8 nitrogen and oxygen atoms in total. The molecule has 3 N–H and O–H groups in total. The van der Waals surface area contributed by atoms with Gasteiger partial charge in [0.15, 0.2) is 5.65 Å². The summed E-state index contributed by atoms with van der Waals surface area (Å²) in [5.41, 5.74) is 4.33. The second kappa shape index (κ2) is 7.92. The Morgan fingerprint density at radius 1 is 1.16 bits per heavy atom. The molecule has 2 aliphatic rings. The number of hydrogen-bond acceptors (Lipinski definition) is 7. The topological polar surface area (TPSA) is 100 Å². The van der Waals surface area contributed by atoms with Crippen LogP contribution < -0.4 is 10.6 Å². The highest BCUT2D eigenvalue weighted by Crippen LogP contribution is 2.35. The number of rotatable bonds is 4. The largest absolute Gasteiger partial charge is 0.390 e. The van der Waals surface area contributed by atoms with Crippen LogP contribution in [0.15, 0.2) is 30.6 Å². The van der Waals surface area contributed by atoms with E-state index in [1.54, 1.807) is 10.7 Å². The van der Waals surface area contributed by atoms with Gasteiger partial charge in [-0.25, -0.2) is 14.5 Å². The number of allylic oxidation sites excluding steroid dienone is 1. The van der Waals surface area contributed by atoms with Crippen LogP contribution in [-0.2, 0) is 6.42 Å². The summed E-state index contributed by atoms with van der Waals surface area (Å²) in [5.74, 6) is 1.48. The summed E-state index contributed by atoms with van der Waals surface area (Å²) in [7, 11) is 1.90. The van der Waals surface area contributed by atoms with Crippen molar-refractivity contribution in [2.75, 3.05) is 17.7 Å². The van der Waals surface area contributed by atoms with Gasteiger partial charge in [-0.05, 0) is 57.9 Å². The lowest BCUT2D eigenvalue weighted by molar-refractivity contribution is 0.0195. The molecule has 31 heavy (non-hydrogen) atoms. The molecule has 0 radical (unpaired) electrons. The van der Waals surface area contributed by atoms with Crippen molar-refractivity contribution >= 4 is 23.0 Å². The zero-order valence-electron chi connectivity index (χ0n) is 18.1. The van der Waals surface area contributed by atoms with Gasteiger partial charge >= 0.3 is 0 Å². The lowest BCUT2D eigenvalue weighted by Crippen LogP contribution is -2.36. The van der Waals surface area contributed by atoms with E-state index in [1.165, 1.54) is 0 Å². The Balaban J connectivity index is 1.49. The van der Waals surface area contributed by atoms with Gasteiger partial charge in [0.1, 0.15) is 5.82 Å². The quantitative estimate of drug-likeness (QED) is 0.596. The highest BCUT2D eigenvalue weighted by atomic mass is 16.3. The van der Waals surface area contributed by atoms with Crippen LogP contribution in [0.5, 0.6) is 0 Å². The van der Waals surface area contributed by atoms with Gasteiger partial charge in [0, 0.05) is 36.5 Å². The first-order valence-corrected chi connectivity index (χ1v) is 11.1. The van der Waals surface area contributed by atoms with E-state index in [0.717, 1.165) is 78.9 Å². The lowest BCUT2D eigenvalue weighted by Gasteiger charge is -2.33. The van der Waals surface area contributed by atoms with E-state index in [-0.39, 0.29) is 6.04 Å². The molecule has 0 unspecified atom stereocenters. The smallest absolute Gasteiger partial charge is 0.225 e. The van der Waals surface area contributed by atoms with Crippen molar-refractivity contribution in [2.45, 2.75) is 63.5 Å². The Hall–Kier alpha value is -3.00. The molecule has 8 heteroatoms. The fourth-order valence-corrected chi connectivity index (χ4v) is 4.60. The third kappa shape index (κ3) is 3.99. The highest BCUT2D eigenvalue weighted by Gasteiger charge is 2.29. The standard InChI is InChI=1S/C23H29N7O/c1-23(31)11-7-15(8-12-23)26-22-28-18-6-4-3-5-16(20(18)21(24-2)29-22)17-10-14-30-19(27-17)9-13-25-30/h5,9-10,13-15,31H,3-4,6-8,11-12H2,1-2H3,(H2,24,26,28,29)/t15-,23-. The molecule has 0 aliphatic heterocycles. The molecule has 0 bridgehead atoms. The monoisotopic (exact) mass is 419 g/mol. The number of nitrogens with one attached hydrogen (secondary N) is 2. The van der Waals surface area contributed by atoms with Crippen LogP contribution in [0.2, 0.25) is 0 Å². The van der Waals surface area contributed by atoms with Gasteiger partial charge < -0.3 is 15.7 Å². The fourth-order valence-electron chi connectivity index (χ4n) is 4.60. The molecule has 3 heterocycles. The zero-order chi connectivity index (χ0) is 21.4. The second-order valence-corrected chi connectivity index (χ2v) is 8.84. The minimum atomic E-state index is -0.549. The van der Waals surface area contributed by atoms with Crippen molar-refractivity contribution in [1.82, 2.24) is 24.6 Å². The third-order valence-electron chi connectivity index (χ3n) is 6.39. The summed E-state index contributed by atoms with van der Waals surface area (Å²) in [6.07, 6.45) is 12.3. The van der Waals surface area contributed by atoms with Gasteiger partial charge in [-0.15, -0.1) is 0 Å². The van der Waals surface area contributed by atoms with Crippen molar-refractivity contribution in [1.29, 1.82) is 0 Å². The van der Waals surface area contributed by atoms with Crippen LogP contribution in [0.1, 0.15) is 62.4 Å². The summed E-state index contributed by atoms with van der Waals surface area (Å²) in [5, 5.41) is 21.3. The minimum absolute atomic E-state index is 0.287. The highest BCUT2D eigenvalue weighted by molar-refractivity contribution is 5.86. The van der Waals surface area contributed by atoms with Gasteiger partial charge in [0.05, 0.1) is 23.2 Å². The Labute approximate surface area is 181 Å². The lowest BCUT2D eigenvalue weighted by atomic mass is 9.84. The number of aliphatic hydroxyl groups is 1. The van der Waals surface area contributed by atoms with Crippen LogP contribution in [0.4, 0.5) is 11.8 Å². The first kappa shape index (κ1) is 19.9. The molecule has 0 saturated heterocycles. The summed E-state index contributed by atoms with van der Waals surface area (Å²) >= 11 is 0. The molecule has 2 aliphatic carbocycles. The first-order chi connectivity index (χ1) is 15.0. The van der Waals surface area contributed by atoms with Gasteiger partial charge in [0.2, 0.25) is 5.95 Å². The maximum Gasteiger partial charge on any atom is 0.225 e. The van der Waals surface area contributed by atoms with E-state index in [1.807, 2.05) is 32.3 Å². The number of aryl methyl sites for hydroxylation is 1. The van der Waals surface area contributed by atoms with Crippen molar-refractivity contribution < 1.29 is 5.11 Å². The maximum atomic E-state index is 10.2. The van der Waals surface area contributed by atoms with Crippen molar-refractivity contribution in [3.05, 3.63) is 47.6 Å². The van der Waals surface area contributed by atoms with E-state index in [0.29, 0.717) is 5.95 Å². The molecule has 3 aromatic rings. The predicted octanol–water partition coefficient (Wildman–Crippen LogP) is 3.43. The van der Waals surface area contributed by atoms with E-state index in [9.17, 15) is 5.11 Å². The minimum Gasteiger partial charge on any atom is -0.390 e. The van der Waals surface area contributed by atoms with Gasteiger partial charge in [-0.3, -0.25) is 0 Å². The molecule has 0 spiro atoms. The molecule has 1 fully saturated rings. The molecule has 0 atom stereocenters. The number of fused-ring (bicyclic) bond motifs is 2. The Kier molecular flexibility index (Phi) is 5.09. The van der Waals surface area contributed by atoms with Crippen LogP contribution in [0.3, 0.4) is 0 Å². The number of hydrogen-bond donors (Lipinski definition) is 3. The van der Waals surface area contributed by atoms with Crippen LogP contribution >= 0.6 is 0 Å². The Morgan fingerprint density at radius 3 is 2.81 bits per heavy atom. The average molecular weight is 420 g/mol. The van der Waals surface area contributed by atoms with Gasteiger partial charge in [0.25, 0.3) is 0 Å². The Bertz CT molecular complexity index is 1120. The molecule has 5 rings (SSSR count). The predicted molar refractivity (Wildman–Crippen MR) is 121 cm³/mol. The third-order valence-corrected chi connectivity index (χ3v) is 6.39. The molecule has 1 saturated carbocycles. The average Bonchev–Trinajstić information content (AvgIpc) is 3.13. The SMILES string of the molecule is CNc1nc(N[C@H]2CC[C@](C)(O)CC2)nc2c1C(c1ccn3nccc3n1)=CCCC2. The number of nitrogens with zero attached hydrogens (tertiary/aromatic N) is 5. The normalized spacial score (nSPS) is 23.7. The number of anilines is 2. The van der Waals surface area contributed by atoms with E-state index in [4.69, 9.17) is 15.0 Å².